The first-order valence-corrected chi connectivity index (χ1v) is 7.40. The summed E-state index contributed by atoms with van der Waals surface area (Å²) in [5, 5.41) is 10.1. The summed E-state index contributed by atoms with van der Waals surface area (Å²) in [6.07, 6.45) is 1.56. The summed E-state index contributed by atoms with van der Waals surface area (Å²) >= 11 is 0. The summed E-state index contributed by atoms with van der Waals surface area (Å²) in [6.45, 7) is 0. The van der Waals surface area contributed by atoms with Gasteiger partial charge in [-0.15, -0.1) is 0 Å². The lowest BCUT2D eigenvalue weighted by Gasteiger charge is -2.10. The van der Waals surface area contributed by atoms with Crippen LogP contribution in [0, 0.1) is 4.51 Å². The SMILES string of the molecule is NNc1ccc(C(=O)O)c(S2=c3ccccc3=CC2=O)c1. The molecule has 0 aromatic heterocycles. The Hall–Kier alpha value is -2.44. The monoisotopic (exact) mass is 300 g/mol. The number of benzene rings is 2. The van der Waals surface area contributed by atoms with Gasteiger partial charge in [0.2, 0.25) is 5.12 Å². The Bertz CT molecular complexity index is 890. The summed E-state index contributed by atoms with van der Waals surface area (Å²) in [5.41, 5.74) is 3.18. The van der Waals surface area contributed by atoms with Gasteiger partial charge in [0, 0.05) is 21.2 Å². The second-order valence-corrected chi connectivity index (χ2v) is 6.36. The second kappa shape index (κ2) is 5.16. The van der Waals surface area contributed by atoms with Crippen LogP contribution in [0.5, 0.6) is 0 Å². The van der Waals surface area contributed by atoms with Gasteiger partial charge in [-0.1, -0.05) is 28.7 Å². The van der Waals surface area contributed by atoms with Gasteiger partial charge < -0.3 is 10.5 Å². The van der Waals surface area contributed by atoms with Crippen molar-refractivity contribution in [2.45, 2.75) is 4.90 Å². The molecular weight excluding hydrogens is 288 g/mol. The van der Waals surface area contributed by atoms with Gasteiger partial charge in [0.05, 0.1) is 5.56 Å². The molecule has 0 saturated heterocycles. The highest BCUT2D eigenvalue weighted by molar-refractivity contribution is 8.24. The summed E-state index contributed by atoms with van der Waals surface area (Å²) < 4.78 is 0.846. The zero-order valence-electron chi connectivity index (χ0n) is 10.9. The number of carboxylic acids is 1. The number of carbonyl (C=O) groups excluding carboxylic acids is 1. The molecule has 2 aromatic carbocycles. The zero-order chi connectivity index (χ0) is 15.0. The molecule has 5 nitrogen and oxygen atoms in total. The molecule has 0 amide bonds. The number of nitrogens with two attached hydrogens (primary N) is 1. The number of rotatable bonds is 3. The molecule has 3 rings (SSSR count). The largest absolute Gasteiger partial charge is 0.478 e. The molecule has 1 unspecified atom stereocenters. The van der Waals surface area contributed by atoms with E-state index in [1.165, 1.54) is 6.07 Å². The van der Waals surface area contributed by atoms with Crippen molar-refractivity contribution in [3.05, 3.63) is 57.8 Å². The van der Waals surface area contributed by atoms with Gasteiger partial charge in [0.25, 0.3) is 0 Å². The van der Waals surface area contributed by atoms with Crippen LogP contribution in [0.3, 0.4) is 0 Å². The van der Waals surface area contributed by atoms with E-state index in [0.29, 0.717) is 10.6 Å². The molecule has 1 heterocycles. The minimum absolute atomic E-state index is 0.0899. The first-order chi connectivity index (χ1) is 10.1. The normalized spacial score (nSPS) is 16.2. The van der Waals surface area contributed by atoms with Gasteiger partial charge in [-0.2, -0.15) is 0 Å². The Kier molecular flexibility index (Phi) is 3.32. The van der Waals surface area contributed by atoms with Crippen molar-refractivity contribution in [3.8, 4) is 0 Å². The molecule has 0 bridgehead atoms. The van der Waals surface area contributed by atoms with Crippen LogP contribution in [0.25, 0.3) is 6.08 Å². The third-order valence-electron chi connectivity index (χ3n) is 3.21. The molecule has 4 N–H and O–H groups in total. The van der Waals surface area contributed by atoms with E-state index in [9.17, 15) is 14.7 Å². The van der Waals surface area contributed by atoms with Gasteiger partial charge in [0.1, 0.15) is 0 Å². The minimum atomic E-state index is -1.06. The van der Waals surface area contributed by atoms with Crippen molar-refractivity contribution in [3.63, 3.8) is 0 Å². The average Bonchev–Trinajstić information content (AvgIpc) is 2.82. The summed E-state index contributed by atoms with van der Waals surface area (Å²) in [6, 6.07) is 12.1. The van der Waals surface area contributed by atoms with Gasteiger partial charge in [-0.3, -0.25) is 10.6 Å². The number of fused-ring (bicyclic) bond motifs is 1. The molecule has 0 fully saturated rings. The Morgan fingerprint density at radius 2 is 1.95 bits per heavy atom. The number of hydrogen-bond acceptors (Lipinski definition) is 4. The first-order valence-electron chi connectivity index (χ1n) is 6.18. The first kappa shape index (κ1) is 13.5. The average molecular weight is 300 g/mol. The Labute approximate surface area is 122 Å². The maximum Gasteiger partial charge on any atom is 0.336 e. The number of nitrogen functional groups attached to an aromatic ring is 1. The highest BCUT2D eigenvalue weighted by atomic mass is 32.2. The van der Waals surface area contributed by atoms with E-state index in [4.69, 9.17) is 5.84 Å². The smallest absolute Gasteiger partial charge is 0.336 e. The Morgan fingerprint density at radius 1 is 1.19 bits per heavy atom. The number of carbonyl (C=O) groups is 2. The highest BCUT2D eigenvalue weighted by Gasteiger charge is 2.21. The van der Waals surface area contributed by atoms with Gasteiger partial charge in [-0.05, 0) is 29.5 Å². The Balaban J connectivity index is 2.38. The van der Waals surface area contributed by atoms with E-state index >= 15 is 0 Å². The molecule has 1 aliphatic rings. The molecule has 1 atom stereocenters. The third kappa shape index (κ3) is 2.24. The van der Waals surface area contributed by atoms with E-state index in [2.05, 4.69) is 5.43 Å². The van der Waals surface area contributed by atoms with Gasteiger partial charge in [0.15, 0.2) is 0 Å². The molecule has 106 valence electrons. The number of nitrogens with one attached hydrogen (secondary N) is 1. The highest BCUT2D eigenvalue weighted by Crippen LogP contribution is 2.37. The predicted molar refractivity (Wildman–Crippen MR) is 81.4 cm³/mol. The number of aromatic carboxylic acids is 1. The number of hydrogen-bond donors (Lipinski definition) is 3. The van der Waals surface area contributed by atoms with Crippen LogP contribution in [0.1, 0.15) is 10.4 Å². The van der Waals surface area contributed by atoms with E-state index in [1.807, 2.05) is 24.3 Å². The quantitative estimate of drug-likeness (QED) is 0.454. The minimum Gasteiger partial charge on any atom is -0.478 e. The van der Waals surface area contributed by atoms with Crippen LogP contribution in [0.15, 0.2) is 47.4 Å². The fourth-order valence-corrected chi connectivity index (χ4v) is 4.38. The van der Waals surface area contributed by atoms with Crippen molar-refractivity contribution >= 4 is 33.3 Å². The van der Waals surface area contributed by atoms with E-state index in [-0.39, 0.29) is 10.7 Å². The van der Waals surface area contributed by atoms with Crippen LogP contribution in [-0.4, -0.2) is 16.2 Å². The topological polar surface area (TPSA) is 92.4 Å². The maximum absolute atomic E-state index is 12.3. The second-order valence-electron chi connectivity index (χ2n) is 4.47. The molecule has 21 heavy (non-hydrogen) atoms. The van der Waals surface area contributed by atoms with Crippen molar-refractivity contribution < 1.29 is 14.7 Å². The molecule has 2 aromatic rings. The standard InChI is InChI=1S/C15H12N2O3S/c16-17-10-5-6-11(15(19)20)13(8-10)21-12-4-2-1-3-9(12)7-14(21)18/h1-8,17H,16H2,(H,19,20). The lowest BCUT2D eigenvalue weighted by Crippen LogP contribution is -2.08. The fourth-order valence-electron chi connectivity index (χ4n) is 2.26. The molecule has 0 saturated carbocycles. The summed E-state index contributed by atoms with van der Waals surface area (Å²) in [4.78, 5) is 24.2. The summed E-state index contributed by atoms with van der Waals surface area (Å²) in [7, 11) is -0.925. The van der Waals surface area contributed by atoms with Crippen molar-refractivity contribution in [2.75, 3.05) is 5.43 Å². The lowest BCUT2D eigenvalue weighted by atomic mass is 10.2. The fraction of sp³-hybridized carbons (Fsp3) is 0. The van der Waals surface area contributed by atoms with Gasteiger partial charge >= 0.3 is 5.97 Å². The number of hydrazine groups is 1. The van der Waals surface area contributed by atoms with Crippen LogP contribution in [-0.2, 0) is 4.79 Å². The van der Waals surface area contributed by atoms with Crippen molar-refractivity contribution in [2.24, 2.45) is 5.84 Å². The third-order valence-corrected chi connectivity index (χ3v) is 5.32. The molecule has 0 spiro atoms. The zero-order valence-corrected chi connectivity index (χ0v) is 11.7. The van der Waals surface area contributed by atoms with Crippen LogP contribution in [0.2, 0.25) is 0 Å². The van der Waals surface area contributed by atoms with Crippen LogP contribution in [0.4, 0.5) is 5.69 Å². The molecule has 6 heteroatoms. The van der Waals surface area contributed by atoms with Crippen LogP contribution < -0.4 is 16.5 Å². The lowest BCUT2D eigenvalue weighted by molar-refractivity contribution is -0.105. The van der Waals surface area contributed by atoms with E-state index in [1.54, 1.807) is 18.2 Å². The maximum atomic E-state index is 12.3. The molecular formula is C15H12N2O3S. The Morgan fingerprint density at radius 3 is 2.67 bits per heavy atom. The van der Waals surface area contributed by atoms with E-state index < -0.39 is 16.5 Å². The molecule has 0 radical (unpaired) electrons. The van der Waals surface area contributed by atoms with Crippen molar-refractivity contribution in [1.82, 2.24) is 0 Å². The molecule has 1 aliphatic heterocycles. The number of carboxylic acid groups (broad SMARTS) is 1. The summed E-state index contributed by atoms with van der Waals surface area (Å²) in [5.74, 6) is 4.33. The van der Waals surface area contributed by atoms with Crippen molar-refractivity contribution in [1.29, 1.82) is 0 Å². The predicted octanol–water partition coefficient (Wildman–Crippen LogP) is 1.57. The molecule has 0 aliphatic carbocycles. The van der Waals surface area contributed by atoms with Crippen LogP contribution >= 0.6 is 10.5 Å². The number of anilines is 1. The van der Waals surface area contributed by atoms with Gasteiger partial charge in [-0.25, -0.2) is 4.79 Å². The van der Waals surface area contributed by atoms with E-state index in [0.717, 1.165) is 9.73 Å².